The van der Waals surface area contributed by atoms with E-state index in [1.165, 1.54) is 22.7 Å². The number of benzene rings is 2. The van der Waals surface area contributed by atoms with E-state index in [0.717, 1.165) is 23.1 Å². The zero-order valence-corrected chi connectivity index (χ0v) is 19.2. The molecule has 0 fully saturated rings. The minimum Gasteiger partial charge on any atom is -0.356 e. The van der Waals surface area contributed by atoms with Crippen LogP contribution in [0.15, 0.2) is 85.1 Å². The zero-order valence-electron chi connectivity index (χ0n) is 18.4. The molecule has 0 aliphatic rings. The summed E-state index contributed by atoms with van der Waals surface area (Å²) in [7, 11) is 0. The second-order valence-electron chi connectivity index (χ2n) is 7.73. The van der Waals surface area contributed by atoms with Gasteiger partial charge in [-0.1, -0.05) is 66.7 Å². The summed E-state index contributed by atoms with van der Waals surface area (Å²) in [6, 6.07) is 26.3. The van der Waals surface area contributed by atoms with Crippen molar-refractivity contribution in [2.75, 3.05) is 18.0 Å². The van der Waals surface area contributed by atoms with Crippen molar-refractivity contribution in [3.63, 3.8) is 0 Å². The van der Waals surface area contributed by atoms with Crippen LogP contribution in [0.2, 0.25) is 0 Å². The summed E-state index contributed by atoms with van der Waals surface area (Å²) in [6.45, 7) is 1.83. The number of aromatic nitrogens is 3. The van der Waals surface area contributed by atoms with Crippen LogP contribution in [-0.2, 0) is 24.2 Å². The highest BCUT2D eigenvalue weighted by atomic mass is 32.1. The van der Waals surface area contributed by atoms with Crippen LogP contribution < -0.4 is 10.2 Å². The van der Waals surface area contributed by atoms with Gasteiger partial charge in [0.05, 0.1) is 0 Å². The van der Waals surface area contributed by atoms with Crippen LogP contribution in [0.1, 0.15) is 29.1 Å². The van der Waals surface area contributed by atoms with Crippen molar-refractivity contribution in [1.29, 1.82) is 0 Å². The van der Waals surface area contributed by atoms with Gasteiger partial charge in [-0.3, -0.25) is 9.78 Å². The Balaban J connectivity index is 1.36. The number of carbonyl (C=O) groups is 1. The maximum atomic E-state index is 12.5. The third-order valence-corrected chi connectivity index (χ3v) is 6.00. The van der Waals surface area contributed by atoms with Gasteiger partial charge in [0.15, 0.2) is 0 Å². The van der Waals surface area contributed by atoms with E-state index in [0.29, 0.717) is 32.5 Å². The van der Waals surface area contributed by atoms with Gasteiger partial charge < -0.3 is 10.2 Å². The second kappa shape index (κ2) is 11.9. The Morgan fingerprint density at radius 3 is 2.36 bits per heavy atom. The first-order valence-corrected chi connectivity index (χ1v) is 11.9. The minimum atomic E-state index is 0.0259. The molecule has 2 aromatic heterocycles. The van der Waals surface area contributed by atoms with Crippen LogP contribution in [-0.4, -0.2) is 33.3 Å². The molecule has 1 amide bonds. The molecule has 0 unspecified atom stereocenters. The number of amides is 1. The average Bonchev–Trinajstić information content (AvgIpc) is 3.32. The third kappa shape index (κ3) is 7.22. The standard InChI is InChI=1S/C26H27N5OS/c32-25(28-17-14-23-13-7-8-16-27-23)15-18-31(20-22-11-5-2-6-12-22)26-29-24(30-33-26)19-21-9-3-1-4-10-21/h1-13,16H,14-15,17-20H2,(H,28,32). The average molecular weight is 458 g/mol. The van der Waals surface area contributed by atoms with Crippen LogP contribution in [0, 0.1) is 0 Å². The maximum absolute atomic E-state index is 12.5. The fraction of sp³-hybridized carbons (Fsp3) is 0.231. The van der Waals surface area contributed by atoms with E-state index in [-0.39, 0.29) is 5.91 Å². The molecule has 168 valence electrons. The largest absolute Gasteiger partial charge is 0.356 e. The van der Waals surface area contributed by atoms with Gasteiger partial charge in [0.2, 0.25) is 11.0 Å². The monoisotopic (exact) mass is 457 g/mol. The molecule has 4 rings (SSSR count). The zero-order chi connectivity index (χ0) is 22.7. The Kier molecular flexibility index (Phi) is 8.14. The molecule has 6 nitrogen and oxygen atoms in total. The van der Waals surface area contributed by atoms with Gasteiger partial charge in [-0.15, -0.1) is 0 Å². The summed E-state index contributed by atoms with van der Waals surface area (Å²) in [6.07, 6.45) is 3.58. The number of anilines is 1. The lowest BCUT2D eigenvalue weighted by molar-refractivity contribution is -0.120. The van der Waals surface area contributed by atoms with Gasteiger partial charge in [-0.2, -0.15) is 4.37 Å². The Labute approximate surface area is 198 Å². The molecule has 2 aromatic carbocycles. The van der Waals surface area contributed by atoms with Crippen molar-refractivity contribution in [1.82, 2.24) is 19.7 Å². The first-order valence-electron chi connectivity index (χ1n) is 11.1. The highest BCUT2D eigenvalue weighted by Gasteiger charge is 2.15. The van der Waals surface area contributed by atoms with E-state index in [4.69, 9.17) is 4.98 Å². The Morgan fingerprint density at radius 1 is 0.909 bits per heavy atom. The molecule has 0 radical (unpaired) electrons. The number of hydrogen-bond acceptors (Lipinski definition) is 6. The molecule has 1 N–H and O–H groups in total. The Bertz CT molecular complexity index is 1120. The molecule has 33 heavy (non-hydrogen) atoms. The second-order valence-corrected chi connectivity index (χ2v) is 8.46. The van der Waals surface area contributed by atoms with Crippen molar-refractivity contribution in [3.05, 3.63) is 108 Å². The molecule has 0 spiro atoms. The molecule has 0 bridgehead atoms. The lowest BCUT2D eigenvalue weighted by Gasteiger charge is -2.21. The van der Waals surface area contributed by atoms with Gasteiger partial charge in [0.25, 0.3) is 0 Å². The predicted octanol–water partition coefficient (Wildman–Crippen LogP) is 4.28. The predicted molar refractivity (Wildman–Crippen MR) is 132 cm³/mol. The quantitative estimate of drug-likeness (QED) is 0.364. The Hall–Kier alpha value is -3.58. The lowest BCUT2D eigenvalue weighted by Crippen LogP contribution is -2.31. The van der Waals surface area contributed by atoms with Crippen LogP contribution in [0.25, 0.3) is 0 Å². The molecule has 0 saturated carbocycles. The number of carbonyl (C=O) groups excluding carboxylic acids is 1. The van der Waals surface area contributed by atoms with Crippen molar-refractivity contribution < 1.29 is 4.79 Å². The van der Waals surface area contributed by atoms with Crippen molar-refractivity contribution in [3.8, 4) is 0 Å². The number of pyridine rings is 1. The number of rotatable bonds is 11. The summed E-state index contributed by atoms with van der Waals surface area (Å²) in [4.78, 5) is 23.7. The van der Waals surface area contributed by atoms with Crippen LogP contribution >= 0.6 is 11.5 Å². The normalized spacial score (nSPS) is 10.7. The molecular formula is C26H27N5OS. The fourth-order valence-electron chi connectivity index (χ4n) is 3.47. The Morgan fingerprint density at radius 2 is 1.64 bits per heavy atom. The summed E-state index contributed by atoms with van der Waals surface area (Å²) in [5.74, 6) is 0.831. The van der Waals surface area contributed by atoms with E-state index < -0.39 is 0 Å². The molecule has 0 aliphatic heterocycles. The summed E-state index contributed by atoms with van der Waals surface area (Å²) >= 11 is 1.39. The molecule has 0 saturated heterocycles. The van der Waals surface area contributed by atoms with Gasteiger partial charge in [-0.05, 0) is 23.3 Å². The van der Waals surface area contributed by atoms with Crippen molar-refractivity contribution >= 4 is 22.6 Å². The summed E-state index contributed by atoms with van der Waals surface area (Å²) < 4.78 is 4.57. The van der Waals surface area contributed by atoms with Crippen molar-refractivity contribution in [2.45, 2.75) is 25.8 Å². The summed E-state index contributed by atoms with van der Waals surface area (Å²) in [5.41, 5.74) is 3.33. The van der Waals surface area contributed by atoms with Crippen LogP contribution in [0.5, 0.6) is 0 Å². The molecule has 0 atom stereocenters. The smallest absolute Gasteiger partial charge is 0.221 e. The maximum Gasteiger partial charge on any atom is 0.221 e. The van der Waals surface area contributed by atoms with Crippen LogP contribution in [0.3, 0.4) is 0 Å². The third-order valence-electron chi connectivity index (χ3n) is 5.19. The van der Waals surface area contributed by atoms with E-state index >= 15 is 0 Å². The molecular weight excluding hydrogens is 430 g/mol. The van der Waals surface area contributed by atoms with Gasteiger partial charge in [-0.25, -0.2) is 4.98 Å². The lowest BCUT2D eigenvalue weighted by atomic mass is 10.1. The van der Waals surface area contributed by atoms with E-state index in [2.05, 4.69) is 43.8 Å². The van der Waals surface area contributed by atoms with Gasteiger partial charge >= 0.3 is 0 Å². The fourth-order valence-corrected chi connectivity index (χ4v) is 4.18. The molecule has 4 aromatic rings. The van der Waals surface area contributed by atoms with Gasteiger partial charge in [0, 0.05) is 62.3 Å². The molecule has 0 aliphatic carbocycles. The molecule has 7 heteroatoms. The molecule has 2 heterocycles. The van der Waals surface area contributed by atoms with E-state index in [9.17, 15) is 4.79 Å². The summed E-state index contributed by atoms with van der Waals surface area (Å²) in [5, 5.41) is 3.84. The van der Waals surface area contributed by atoms with Gasteiger partial charge in [0.1, 0.15) is 5.82 Å². The highest BCUT2D eigenvalue weighted by molar-refractivity contribution is 7.09. The van der Waals surface area contributed by atoms with E-state index in [1.807, 2.05) is 54.6 Å². The highest BCUT2D eigenvalue weighted by Crippen LogP contribution is 2.21. The SMILES string of the molecule is O=C(CCN(Cc1ccccc1)c1nc(Cc2ccccc2)ns1)NCCc1ccccn1. The number of hydrogen-bond donors (Lipinski definition) is 1. The van der Waals surface area contributed by atoms with Crippen LogP contribution in [0.4, 0.5) is 5.13 Å². The van der Waals surface area contributed by atoms with Crippen molar-refractivity contribution in [2.24, 2.45) is 0 Å². The number of nitrogens with zero attached hydrogens (tertiary/aromatic N) is 4. The topological polar surface area (TPSA) is 71.0 Å². The first kappa shape index (κ1) is 22.6. The van der Waals surface area contributed by atoms with E-state index in [1.54, 1.807) is 6.20 Å². The minimum absolute atomic E-state index is 0.0259. The first-order chi connectivity index (χ1) is 16.3. The number of nitrogens with one attached hydrogen (secondary N) is 1.